The van der Waals surface area contributed by atoms with E-state index in [0.29, 0.717) is 24.5 Å². The first-order chi connectivity index (χ1) is 15.3. The van der Waals surface area contributed by atoms with E-state index in [2.05, 4.69) is 56.0 Å². The summed E-state index contributed by atoms with van der Waals surface area (Å²) in [6.45, 7) is 12.5. The van der Waals surface area contributed by atoms with Gasteiger partial charge in [-0.15, -0.1) is 0 Å². The molecule has 4 heteroatoms. The number of carbonyl (C=O) groups excluding carboxylic acids is 1. The van der Waals surface area contributed by atoms with Crippen LogP contribution in [0.5, 0.6) is 5.75 Å². The first kappa shape index (κ1) is 24.8. The van der Waals surface area contributed by atoms with E-state index in [4.69, 9.17) is 9.47 Å². The Morgan fingerprint density at radius 1 is 1.06 bits per heavy atom. The highest BCUT2D eigenvalue weighted by Crippen LogP contribution is 2.38. The van der Waals surface area contributed by atoms with Crippen molar-refractivity contribution in [2.24, 2.45) is 11.3 Å². The van der Waals surface area contributed by atoms with Gasteiger partial charge in [0.05, 0.1) is 12.7 Å². The maximum absolute atomic E-state index is 11.4. The lowest BCUT2D eigenvalue weighted by atomic mass is 9.72. The fourth-order valence-electron chi connectivity index (χ4n) is 5.00. The molecule has 1 aliphatic carbocycles. The van der Waals surface area contributed by atoms with Gasteiger partial charge in [0.25, 0.3) is 0 Å². The van der Waals surface area contributed by atoms with Gasteiger partial charge in [0.15, 0.2) is 0 Å². The molecule has 0 N–H and O–H groups in total. The standard InChI is InChI=1S/C28H43NO3/c1-5-31-27(30)8-6-7-19-29-20-17-23(18-21-29)22-9-13-25(14-10-22)32-26-15-11-24(12-16-26)28(2,3)4/h9-10,13-14,17,24,26H,5-8,11-12,15-16,18-21H2,1-4H3/t24-,26-. The highest BCUT2D eigenvalue weighted by molar-refractivity contribution is 5.69. The Bertz CT molecular complexity index is 739. The van der Waals surface area contributed by atoms with Crippen molar-refractivity contribution >= 4 is 11.5 Å². The summed E-state index contributed by atoms with van der Waals surface area (Å²) < 4.78 is 11.3. The molecule has 0 spiro atoms. The van der Waals surface area contributed by atoms with Gasteiger partial charge in [0.2, 0.25) is 0 Å². The summed E-state index contributed by atoms with van der Waals surface area (Å²) in [5.41, 5.74) is 3.17. The Morgan fingerprint density at radius 2 is 1.78 bits per heavy atom. The third-order valence-corrected chi connectivity index (χ3v) is 7.13. The number of hydrogen-bond acceptors (Lipinski definition) is 4. The number of benzene rings is 1. The van der Waals surface area contributed by atoms with E-state index in [1.807, 2.05) is 6.92 Å². The van der Waals surface area contributed by atoms with E-state index in [-0.39, 0.29) is 5.97 Å². The van der Waals surface area contributed by atoms with Gasteiger partial charge >= 0.3 is 5.97 Å². The second-order valence-corrected chi connectivity index (χ2v) is 10.5. The molecule has 0 radical (unpaired) electrons. The largest absolute Gasteiger partial charge is 0.490 e. The average molecular weight is 442 g/mol. The second-order valence-electron chi connectivity index (χ2n) is 10.5. The van der Waals surface area contributed by atoms with E-state index in [1.54, 1.807) is 0 Å². The lowest BCUT2D eigenvalue weighted by Crippen LogP contribution is -2.30. The summed E-state index contributed by atoms with van der Waals surface area (Å²) in [6, 6.07) is 8.73. The SMILES string of the molecule is CCOC(=O)CCCCN1CC=C(c2ccc(O[C@H]3CC[C@H](C(C)(C)C)CC3)cc2)CC1. The summed E-state index contributed by atoms with van der Waals surface area (Å²) in [6.07, 6.45) is 11.2. The molecule has 1 saturated carbocycles. The molecule has 0 aromatic heterocycles. The van der Waals surface area contributed by atoms with Crippen LogP contribution in [0.3, 0.4) is 0 Å². The van der Waals surface area contributed by atoms with Gasteiger partial charge in [-0.1, -0.05) is 39.0 Å². The van der Waals surface area contributed by atoms with Crippen molar-refractivity contribution in [1.82, 2.24) is 4.90 Å². The summed E-state index contributed by atoms with van der Waals surface area (Å²) in [5, 5.41) is 0. The predicted octanol–water partition coefficient (Wildman–Crippen LogP) is 6.49. The Balaban J connectivity index is 1.39. The molecule has 32 heavy (non-hydrogen) atoms. The molecule has 178 valence electrons. The normalized spacial score (nSPS) is 22.3. The molecule has 0 amide bonds. The number of unbranched alkanes of at least 4 members (excludes halogenated alkanes) is 1. The summed E-state index contributed by atoms with van der Waals surface area (Å²) >= 11 is 0. The first-order valence-electron chi connectivity index (χ1n) is 12.7. The molecule has 1 aliphatic heterocycles. The van der Waals surface area contributed by atoms with E-state index in [9.17, 15) is 4.79 Å². The van der Waals surface area contributed by atoms with Crippen LogP contribution in [0.4, 0.5) is 0 Å². The fourth-order valence-corrected chi connectivity index (χ4v) is 5.00. The molecular formula is C28H43NO3. The van der Waals surface area contributed by atoms with Crippen molar-refractivity contribution in [2.45, 2.75) is 85.2 Å². The van der Waals surface area contributed by atoms with Crippen LogP contribution in [0, 0.1) is 11.3 Å². The Kier molecular flexibility index (Phi) is 9.22. The van der Waals surface area contributed by atoms with Gasteiger partial charge in [0.1, 0.15) is 5.75 Å². The minimum Gasteiger partial charge on any atom is -0.490 e. The van der Waals surface area contributed by atoms with Crippen LogP contribution in [-0.4, -0.2) is 43.2 Å². The number of hydrogen-bond donors (Lipinski definition) is 0. The summed E-state index contributed by atoms with van der Waals surface area (Å²) in [7, 11) is 0. The maximum atomic E-state index is 11.4. The van der Waals surface area contributed by atoms with Gasteiger partial charge in [-0.25, -0.2) is 0 Å². The highest BCUT2D eigenvalue weighted by atomic mass is 16.5. The molecule has 1 fully saturated rings. The molecule has 0 atom stereocenters. The van der Waals surface area contributed by atoms with Crippen molar-refractivity contribution in [2.75, 3.05) is 26.2 Å². The van der Waals surface area contributed by atoms with Gasteiger partial charge in [0, 0.05) is 19.5 Å². The van der Waals surface area contributed by atoms with Gasteiger partial charge < -0.3 is 9.47 Å². The lowest BCUT2D eigenvalue weighted by Gasteiger charge is -2.37. The molecule has 1 heterocycles. The molecule has 1 aromatic carbocycles. The van der Waals surface area contributed by atoms with E-state index in [1.165, 1.54) is 36.8 Å². The Morgan fingerprint density at radius 3 is 2.38 bits per heavy atom. The third kappa shape index (κ3) is 7.65. The van der Waals surface area contributed by atoms with Crippen LogP contribution in [0.25, 0.3) is 5.57 Å². The van der Waals surface area contributed by atoms with Crippen LogP contribution in [0.2, 0.25) is 0 Å². The van der Waals surface area contributed by atoms with Crippen molar-refractivity contribution < 1.29 is 14.3 Å². The quantitative estimate of drug-likeness (QED) is 0.324. The zero-order valence-corrected chi connectivity index (χ0v) is 20.7. The summed E-state index contributed by atoms with van der Waals surface area (Å²) in [4.78, 5) is 13.9. The molecule has 0 unspecified atom stereocenters. The van der Waals surface area contributed by atoms with Crippen LogP contribution < -0.4 is 4.74 Å². The van der Waals surface area contributed by atoms with Crippen LogP contribution >= 0.6 is 0 Å². The van der Waals surface area contributed by atoms with E-state index in [0.717, 1.165) is 50.6 Å². The number of carbonyl (C=O) groups is 1. The third-order valence-electron chi connectivity index (χ3n) is 7.13. The molecular weight excluding hydrogens is 398 g/mol. The maximum Gasteiger partial charge on any atom is 0.305 e. The van der Waals surface area contributed by atoms with Gasteiger partial charge in [-0.05, 0) is 93.0 Å². The van der Waals surface area contributed by atoms with Crippen molar-refractivity contribution in [3.05, 3.63) is 35.9 Å². The second kappa shape index (κ2) is 11.9. The average Bonchev–Trinajstić information content (AvgIpc) is 2.78. The number of esters is 1. The Labute approximate surface area is 195 Å². The van der Waals surface area contributed by atoms with Crippen molar-refractivity contribution in [3.8, 4) is 5.75 Å². The van der Waals surface area contributed by atoms with E-state index < -0.39 is 0 Å². The van der Waals surface area contributed by atoms with Crippen LogP contribution in [0.1, 0.15) is 84.6 Å². The monoisotopic (exact) mass is 441 g/mol. The zero-order chi connectivity index (χ0) is 23.0. The highest BCUT2D eigenvalue weighted by Gasteiger charge is 2.30. The minimum atomic E-state index is -0.0710. The van der Waals surface area contributed by atoms with E-state index >= 15 is 0 Å². The van der Waals surface area contributed by atoms with Gasteiger partial charge in [-0.3, -0.25) is 9.69 Å². The first-order valence-corrected chi connectivity index (χ1v) is 12.7. The van der Waals surface area contributed by atoms with Crippen molar-refractivity contribution in [3.63, 3.8) is 0 Å². The lowest BCUT2D eigenvalue weighted by molar-refractivity contribution is -0.143. The molecule has 0 saturated heterocycles. The summed E-state index contributed by atoms with van der Waals surface area (Å²) in [5.74, 6) is 1.76. The molecule has 0 bridgehead atoms. The minimum absolute atomic E-state index is 0.0710. The molecule has 2 aliphatic rings. The number of rotatable bonds is 9. The molecule has 1 aromatic rings. The van der Waals surface area contributed by atoms with Crippen LogP contribution in [0.15, 0.2) is 30.3 Å². The molecule has 4 nitrogen and oxygen atoms in total. The molecule has 3 rings (SSSR count). The number of ether oxygens (including phenoxy) is 2. The topological polar surface area (TPSA) is 38.8 Å². The Hall–Kier alpha value is -1.81. The fraction of sp³-hybridized carbons (Fsp3) is 0.679. The number of nitrogens with zero attached hydrogens (tertiary/aromatic N) is 1. The van der Waals surface area contributed by atoms with Crippen LogP contribution in [-0.2, 0) is 9.53 Å². The van der Waals surface area contributed by atoms with Crippen molar-refractivity contribution in [1.29, 1.82) is 0 Å². The van der Waals surface area contributed by atoms with Gasteiger partial charge in [-0.2, -0.15) is 0 Å². The smallest absolute Gasteiger partial charge is 0.305 e. The zero-order valence-electron chi connectivity index (χ0n) is 20.7. The predicted molar refractivity (Wildman–Crippen MR) is 132 cm³/mol.